The molecule has 0 bridgehead atoms. The molecule has 0 heterocycles. The first-order valence-corrected chi connectivity index (χ1v) is 15.3. The minimum absolute atomic E-state index is 0.0189. The minimum atomic E-state index is -2.66. The molecule has 2 aromatic carbocycles. The summed E-state index contributed by atoms with van der Waals surface area (Å²) < 4.78 is 5.71. The highest BCUT2D eigenvalue weighted by Gasteiger charge is 2.66. The lowest BCUT2D eigenvalue weighted by Crippen LogP contribution is -2.68. The monoisotopic (exact) mass is 587 g/mol. The number of benzene rings is 2. The Morgan fingerprint density at radius 2 is 1.74 bits per heavy atom. The predicted octanol–water partition coefficient (Wildman–Crippen LogP) is 3.52. The van der Waals surface area contributed by atoms with Gasteiger partial charge in [-0.15, -0.1) is 0 Å². The average molecular weight is 588 g/mol. The first-order chi connectivity index (χ1) is 20.6. The van der Waals surface area contributed by atoms with Gasteiger partial charge in [0.05, 0.1) is 18.6 Å². The number of nitrogens with two attached hydrogens (primary N) is 1. The van der Waals surface area contributed by atoms with E-state index in [1.54, 1.807) is 13.2 Å². The van der Waals surface area contributed by atoms with E-state index in [0.29, 0.717) is 16.9 Å². The van der Waals surface area contributed by atoms with Crippen LogP contribution in [0.2, 0.25) is 0 Å². The summed E-state index contributed by atoms with van der Waals surface area (Å²) in [6.07, 6.45) is 8.29. The first kappa shape index (κ1) is 29.2. The van der Waals surface area contributed by atoms with Gasteiger partial charge in [0.15, 0.2) is 34.7 Å². The largest absolute Gasteiger partial charge is 0.507 e. The number of aliphatic hydroxyl groups is 1. The van der Waals surface area contributed by atoms with Crippen LogP contribution in [0.15, 0.2) is 30.3 Å². The van der Waals surface area contributed by atoms with Crippen molar-refractivity contribution in [3.8, 4) is 22.6 Å². The zero-order valence-electron chi connectivity index (χ0n) is 24.3. The van der Waals surface area contributed by atoms with Crippen molar-refractivity contribution in [1.29, 1.82) is 0 Å². The Kier molecular flexibility index (Phi) is 7.49. The Balaban J connectivity index is 1.37. The molecule has 2 aromatic rings. The molecular formula is C34H37NO8. The van der Waals surface area contributed by atoms with Gasteiger partial charge >= 0.3 is 0 Å². The quantitative estimate of drug-likeness (QED) is 0.433. The van der Waals surface area contributed by atoms with Gasteiger partial charge in [-0.2, -0.15) is 0 Å². The number of rotatable bonds is 6. The van der Waals surface area contributed by atoms with Gasteiger partial charge in [-0.3, -0.25) is 24.0 Å². The second-order valence-corrected chi connectivity index (χ2v) is 12.8. The van der Waals surface area contributed by atoms with Crippen molar-refractivity contribution in [1.82, 2.24) is 0 Å². The first-order valence-electron chi connectivity index (χ1n) is 15.3. The molecule has 9 heteroatoms. The fourth-order valence-corrected chi connectivity index (χ4v) is 8.19. The molecule has 4 N–H and O–H groups in total. The van der Waals surface area contributed by atoms with Crippen LogP contribution in [0.4, 0.5) is 0 Å². The lowest BCUT2D eigenvalue weighted by molar-refractivity contribution is -0.175. The van der Waals surface area contributed by atoms with Crippen LogP contribution < -0.4 is 10.5 Å². The van der Waals surface area contributed by atoms with E-state index in [1.165, 1.54) is 38.2 Å². The predicted molar refractivity (Wildman–Crippen MR) is 155 cm³/mol. The van der Waals surface area contributed by atoms with E-state index >= 15 is 0 Å². The van der Waals surface area contributed by atoms with E-state index in [1.807, 2.05) is 6.07 Å². The molecule has 0 spiro atoms. The SMILES string of the molecule is COc1ccc(CCC2CCCCC2)cc1-c1ccc(O)c2c1C[C@H]1C[C@H]3CC(=O)C(C(N)=O)C(=O)[C@@]3(O)C(=O)C1C2=O. The molecule has 0 radical (unpaired) electrons. The number of aryl methyl sites for hydroxylation is 1. The van der Waals surface area contributed by atoms with Crippen LogP contribution in [0.25, 0.3) is 11.1 Å². The number of hydrogen-bond donors (Lipinski definition) is 3. The van der Waals surface area contributed by atoms with Gasteiger partial charge in [-0.1, -0.05) is 44.2 Å². The van der Waals surface area contributed by atoms with Gasteiger partial charge in [0.25, 0.3) is 0 Å². The second-order valence-electron chi connectivity index (χ2n) is 12.8. The zero-order chi connectivity index (χ0) is 30.6. The molecule has 0 aromatic heterocycles. The van der Waals surface area contributed by atoms with Gasteiger partial charge in [0.1, 0.15) is 11.5 Å². The number of ketones is 4. The van der Waals surface area contributed by atoms with Crippen molar-refractivity contribution in [3.05, 3.63) is 47.0 Å². The summed E-state index contributed by atoms with van der Waals surface area (Å²) in [4.78, 5) is 65.4. The maximum Gasteiger partial charge on any atom is 0.235 e. The Morgan fingerprint density at radius 3 is 2.44 bits per heavy atom. The molecular weight excluding hydrogens is 550 g/mol. The Bertz CT molecular complexity index is 1540. The molecule has 43 heavy (non-hydrogen) atoms. The highest BCUT2D eigenvalue weighted by molar-refractivity contribution is 6.31. The number of primary amides is 1. The van der Waals surface area contributed by atoms with Crippen molar-refractivity contribution in [2.45, 2.75) is 69.8 Å². The maximum absolute atomic E-state index is 14.0. The molecule has 0 saturated heterocycles. The normalized spacial score (nSPS) is 29.1. The molecule has 9 nitrogen and oxygen atoms in total. The number of phenolic OH excluding ortho intramolecular Hbond substituents is 1. The van der Waals surface area contributed by atoms with E-state index in [2.05, 4.69) is 12.1 Å². The number of aromatic hydroxyl groups is 1. The molecule has 4 aliphatic carbocycles. The van der Waals surface area contributed by atoms with Gasteiger partial charge in [-0.05, 0) is 72.4 Å². The molecule has 226 valence electrons. The van der Waals surface area contributed by atoms with Gasteiger partial charge in [-0.25, -0.2) is 0 Å². The van der Waals surface area contributed by atoms with Crippen LogP contribution in [0.1, 0.15) is 72.9 Å². The molecule has 4 aliphatic rings. The van der Waals surface area contributed by atoms with Crippen LogP contribution in [0.3, 0.4) is 0 Å². The van der Waals surface area contributed by atoms with Crippen LogP contribution in [0.5, 0.6) is 11.5 Å². The number of phenols is 1. The van der Waals surface area contributed by atoms with E-state index in [4.69, 9.17) is 10.5 Å². The standard InChI is InChI=1S/C34H37NO8/c1-43-26-12-9-18(8-7-17-5-3-2-4-6-17)13-22(26)21-10-11-24(36)28-23(21)15-19-14-20-16-25(37)29(33(35)41)32(40)34(20,42)31(39)27(19)30(28)38/h9-13,17,19-20,27,29,36,42H,2-8,14-16H2,1H3,(H2,35,41)/t19-,20+,27?,29?,34+/m1/s1. The summed E-state index contributed by atoms with van der Waals surface area (Å²) in [5.41, 5.74) is 5.77. The third-order valence-corrected chi connectivity index (χ3v) is 10.4. The highest BCUT2D eigenvalue weighted by atomic mass is 16.5. The van der Waals surface area contributed by atoms with Crippen molar-refractivity contribution in [2.75, 3.05) is 7.11 Å². The van der Waals surface area contributed by atoms with Crippen LogP contribution >= 0.6 is 0 Å². The van der Waals surface area contributed by atoms with Gasteiger partial charge < -0.3 is 20.7 Å². The van der Waals surface area contributed by atoms with Crippen LogP contribution in [-0.2, 0) is 32.0 Å². The Morgan fingerprint density at radius 1 is 1.00 bits per heavy atom. The second kappa shape index (κ2) is 11.0. The summed E-state index contributed by atoms with van der Waals surface area (Å²) in [7, 11) is 1.58. The van der Waals surface area contributed by atoms with Crippen molar-refractivity contribution in [2.24, 2.45) is 35.3 Å². The summed E-state index contributed by atoms with van der Waals surface area (Å²) in [5.74, 6) is -8.89. The molecule has 3 saturated carbocycles. The lowest BCUT2D eigenvalue weighted by atomic mass is 9.53. The summed E-state index contributed by atoms with van der Waals surface area (Å²) in [6, 6.07) is 9.20. The van der Waals surface area contributed by atoms with E-state index in [9.17, 15) is 34.2 Å². The van der Waals surface area contributed by atoms with E-state index in [0.717, 1.165) is 29.9 Å². The number of Topliss-reactive ketones (excluding diaryl/α,β-unsaturated/α-hetero) is 4. The van der Waals surface area contributed by atoms with Crippen LogP contribution in [-0.4, -0.2) is 52.0 Å². The Hall–Kier alpha value is -3.85. The van der Waals surface area contributed by atoms with E-state index < -0.39 is 58.3 Å². The summed E-state index contributed by atoms with van der Waals surface area (Å²) in [6.45, 7) is 0. The molecule has 5 atom stereocenters. The number of hydrogen-bond acceptors (Lipinski definition) is 8. The van der Waals surface area contributed by atoms with Gasteiger partial charge in [0, 0.05) is 17.9 Å². The fourth-order valence-electron chi connectivity index (χ4n) is 8.19. The number of carbonyl (C=O) groups excluding carboxylic acids is 5. The maximum atomic E-state index is 14.0. The number of methoxy groups -OCH3 is 1. The third-order valence-electron chi connectivity index (χ3n) is 10.4. The van der Waals surface area contributed by atoms with Crippen molar-refractivity contribution >= 4 is 29.0 Å². The molecule has 2 unspecified atom stereocenters. The Labute approximate surface area is 249 Å². The lowest BCUT2D eigenvalue weighted by Gasteiger charge is -2.48. The number of amides is 1. The zero-order valence-corrected chi connectivity index (χ0v) is 24.3. The molecule has 0 aliphatic heterocycles. The average Bonchev–Trinajstić information content (AvgIpc) is 2.98. The fraction of sp³-hybridized carbons (Fsp3) is 0.500. The third kappa shape index (κ3) is 4.69. The topological polar surface area (TPSA) is 161 Å². The van der Waals surface area contributed by atoms with E-state index in [-0.39, 0.29) is 30.6 Å². The number of ether oxygens (including phenoxy) is 1. The number of fused-ring (bicyclic) bond motifs is 3. The van der Waals surface area contributed by atoms with Crippen molar-refractivity contribution in [3.63, 3.8) is 0 Å². The summed E-state index contributed by atoms with van der Waals surface area (Å²) in [5, 5.41) is 22.3. The minimum Gasteiger partial charge on any atom is -0.507 e. The number of carbonyl (C=O) groups is 5. The molecule has 1 amide bonds. The summed E-state index contributed by atoms with van der Waals surface area (Å²) >= 11 is 0. The van der Waals surface area contributed by atoms with Gasteiger partial charge in [0.2, 0.25) is 5.91 Å². The molecule has 6 rings (SSSR count). The van der Waals surface area contributed by atoms with Crippen molar-refractivity contribution < 1.29 is 38.9 Å². The molecule has 3 fully saturated rings. The van der Waals surface area contributed by atoms with Crippen LogP contribution in [0, 0.1) is 29.6 Å². The highest BCUT2D eigenvalue weighted by Crippen LogP contribution is 2.51. The smallest absolute Gasteiger partial charge is 0.235 e.